The molecule has 3 aromatic rings. The molecule has 42 heavy (non-hydrogen) atoms. The van der Waals surface area contributed by atoms with Crippen LogP contribution in [-0.4, -0.2) is 51.5 Å². The molecule has 2 N–H and O–H groups in total. The third-order valence-corrected chi connectivity index (χ3v) is 8.63. The molecule has 0 unspecified atom stereocenters. The molecule has 11 heteroatoms. The Balaban J connectivity index is 1.50. The summed E-state index contributed by atoms with van der Waals surface area (Å²) < 4.78 is 57.2. The summed E-state index contributed by atoms with van der Waals surface area (Å²) in [5.74, 6) is -3.17. The van der Waals surface area contributed by atoms with Crippen LogP contribution in [0.2, 0.25) is 0 Å². The molecular formula is C31H35F2N7O2. The molecule has 1 aliphatic carbocycles. The number of rotatable bonds is 1. The number of benzene rings is 1. The number of amides is 1. The fourth-order valence-corrected chi connectivity index (χ4v) is 5.99. The van der Waals surface area contributed by atoms with Gasteiger partial charge in [0.2, 0.25) is 5.91 Å². The highest BCUT2D eigenvalue weighted by Gasteiger charge is 2.47. The van der Waals surface area contributed by atoms with Crippen molar-refractivity contribution in [2.75, 3.05) is 31.5 Å². The largest absolute Gasteiger partial charge is 0.363 e. The number of halogens is 2. The second-order valence-electron chi connectivity index (χ2n) is 11.8. The lowest BCUT2D eigenvalue weighted by Gasteiger charge is -2.40. The SMILES string of the molecule is [2H]C([2H])([2H])[C@H]1Nc2nc(C)nc3c2cc(C2(C#N)CC2)c(=O)n3CC(=O)NCCCN2CC(CCC(F)(F)c3cccc1c3)C2. The number of nitrogens with one attached hydrogen (secondary N) is 2. The van der Waals surface area contributed by atoms with Gasteiger partial charge in [0.15, 0.2) is 0 Å². The number of aryl methyl sites for hydroxylation is 1. The van der Waals surface area contributed by atoms with Gasteiger partial charge in [-0.25, -0.2) is 18.7 Å². The zero-order valence-electron chi connectivity index (χ0n) is 26.4. The fourth-order valence-electron chi connectivity index (χ4n) is 5.99. The Morgan fingerprint density at radius 2 is 1.98 bits per heavy atom. The smallest absolute Gasteiger partial charge is 0.273 e. The lowest BCUT2D eigenvalue weighted by molar-refractivity contribution is -0.121. The summed E-state index contributed by atoms with van der Waals surface area (Å²) in [4.78, 5) is 38.0. The maximum Gasteiger partial charge on any atom is 0.273 e. The molecule has 9 nitrogen and oxygen atoms in total. The van der Waals surface area contributed by atoms with Crippen molar-refractivity contribution in [1.29, 1.82) is 5.26 Å². The van der Waals surface area contributed by atoms with Gasteiger partial charge < -0.3 is 15.5 Å². The second kappa shape index (κ2) is 10.7. The minimum Gasteiger partial charge on any atom is -0.363 e. The zero-order valence-corrected chi connectivity index (χ0v) is 23.4. The minimum absolute atomic E-state index is 0.0552. The number of anilines is 1. The van der Waals surface area contributed by atoms with Crippen LogP contribution in [0.3, 0.4) is 0 Å². The standard InChI is InChI=1S/C31H35F2N7O2/c1-19-22-5-3-6-23(13-22)31(32,33)8-7-21-15-39(16-21)12-4-11-35-26(41)17-40-28-24(27(36-19)37-20(2)38-28)14-25(29(40)42)30(18-34)9-10-30/h3,5-6,13-14,19,21H,4,7-12,15-17H2,1-2H3,(H,35,41)(H,36,37,38)/t19-/m1/s1/i1D3. The average molecular weight is 579 g/mol. The maximum atomic E-state index is 15.5. The molecule has 1 saturated carbocycles. The molecule has 8 bridgehead atoms. The molecule has 4 aliphatic rings. The van der Waals surface area contributed by atoms with Crippen molar-refractivity contribution in [2.45, 2.75) is 69.8 Å². The van der Waals surface area contributed by atoms with Gasteiger partial charge in [-0.15, -0.1) is 0 Å². The minimum atomic E-state index is -3.15. The number of carbonyl (C=O) groups is 1. The topological polar surface area (TPSA) is 116 Å². The van der Waals surface area contributed by atoms with Crippen molar-refractivity contribution in [3.05, 3.63) is 63.2 Å². The van der Waals surface area contributed by atoms with Gasteiger partial charge in [-0.1, -0.05) is 18.2 Å². The van der Waals surface area contributed by atoms with Crippen LogP contribution < -0.4 is 16.2 Å². The Kier molecular flexibility index (Phi) is 6.30. The molecule has 2 fully saturated rings. The number of hydrogen-bond donors (Lipinski definition) is 2. The molecule has 220 valence electrons. The summed E-state index contributed by atoms with van der Waals surface area (Å²) in [6.45, 7) is 0.989. The van der Waals surface area contributed by atoms with Crippen LogP contribution in [0.25, 0.3) is 11.0 Å². The van der Waals surface area contributed by atoms with E-state index in [-0.39, 0.29) is 58.2 Å². The van der Waals surface area contributed by atoms with Crippen LogP contribution in [0.1, 0.15) is 71.6 Å². The number of carbonyl (C=O) groups excluding carboxylic acids is 1. The van der Waals surface area contributed by atoms with E-state index in [4.69, 9.17) is 4.11 Å². The normalized spacial score (nSPS) is 26.7. The number of hydrogen-bond acceptors (Lipinski definition) is 7. The number of nitrogens with zero attached hydrogens (tertiary/aromatic N) is 5. The first kappa shape index (κ1) is 24.7. The van der Waals surface area contributed by atoms with Crippen LogP contribution >= 0.6 is 0 Å². The number of aromatic nitrogens is 3. The molecule has 1 aromatic carbocycles. The van der Waals surface area contributed by atoms with Crippen LogP contribution in [-0.2, 0) is 22.7 Å². The highest BCUT2D eigenvalue weighted by Crippen LogP contribution is 2.47. The Morgan fingerprint density at radius 1 is 1.17 bits per heavy atom. The Bertz CT molecular complexity index is 1740. The molecule has 0 radical (unpaired) electrons. The summed E-state index contributed by atoms with van der Waals surface area (Å²) in [7, 11) is 0. The first-order chi connectivity index (χ1) is 21.3. The number of alkyl halides is 2. The van der Waals surface area contributed by atoms with E-state index in [0.29, 0.717) is 51.9 Å². The second-order valence-corrected chi connectivity index (χ2v) is 11.8. The van der Waals surface area contributed by atoms with Crippen LogP contribution in [0.4, 0.5) is 14.6 Å². The molecular weight excluding hydrogens is 540 g/mol. The highest BCUT2D eigenvalue weighted by atomic mass is 19.3. The van der Waals surface area contributed by atoms with E-state index in [9.17, 15) is 14.9 Å². The van der Waals surface area contributed by atoms with E-state index in [0.717, 1.165) is 0 Å². The van der Waals surface area contributed by atoms with Crippen LogP contribution in [0.15, 0.2) is 35.1 Å². The maximum absolute atomic E-state index is 15.5. The van der Waals surface area contributed by atoms with Crippen molar-refractivity contribution in [3.8, 4) is 6.07 Å². The van der Waals surface area contributed by atoms with Crippen molar-refractivity contribution >= 4 is 22.8 Å². The van der Waals surface area contributed by atoms with E-state index in [1.807, 2.05) is 0 Å². The van der Waals surface area contributed by atoms with Crippen molar-refractivity contribution in [3.63, 3.8) is 0 Å². The van der Waals surface area contributed by atoms with E-state index in [1.165, 1.54) is 34.9 Å². The molecule has 1 saturated heterocycles. The van der Waals surface area contributed by atoms with Crippen molar-refractivity contribution in [2.24, 2.45) is 5.92 Å². The van der Waals surface area contributed by atoms with Gasteiger partial charge in [0.1, 0.15) is 23.8 Å². The molecule has 7 rings (SSSR count). The van der Waals surface area contributed by atoms with Gasteiger partial charge in [0, 0.05) is 47.3 Å². The summed E-state index contributed by atoms with van der Waals surface area (Å²) in [5, 5.41) is 16.0. The van der Waals surface area contributed by atoms with Gasteiger partial charge in [0.25, 0.3) is 11.5 Å². The Hall–Kier alpha value is -3.91. The highest BCUT2D eigenvalue weighted by molar-refractivity contribution is 5.89. The van der Waals surface area contributed by atoms with Crippen LogP contribution in [0.5, 0.6) is 0 Å². The van der Waals surface area contributed by atoms with E-state index >= 15 is 8.78 Å². The summed E-state index contributed by atoms with van der Waals surface area (Å²) >= 11 is 0. The molecule has 3 aliphatic heterocycles. The van der Waals surface area contributed by atoms with Crippen molar-refractivity contribution in [1.82, 2.24) is 24.8 Å². The molecule has 1 atom stereocenters. The van der Waals surface area contributed by atoms with E-state index < -0.39 is 35.7 Å². The average Bonchev–Trinajstić information content (AvgIpc) is 3.76. The first-order valence-electron chi connectivity index (χ1n) is 15.9. The molecule has 0 spiro atoms. The Labute approximate surface area is 247 Å². The van der Waals surface area contributed by atoms with E-state index in [1.54, 1.807) is 6.92 Å². The fraction of sp³-hybridized carbons (Fsp3) is 0.516. The first-order valence-corrected chi connectivity index (χ1v) is 14.4. The van der Waals surface area contributed by atoms with Gasteiger partial charge in [-0.3, -0.25) is 14.2 Å². The lowest BCUT2D eigenvalue weighted by atomic mass is 9.90. The summed E-state index contributed by atoms with van der Waals surface area (Å²) in [6.07, 6.45) is 1.55. The van der Waals surface area contributed by atoms with Gasteiger partial charge in [-0.05, 0) is 69.6 Å². The molecule has 1 amide bonds. The summed E-state index contributed by atoms with van der Waals surface area (Å²) in [6, 6.07) is 7.75. The van der Waals surface area contributed by atoms with Gasteiger partial charge in [-0.2, -0.15) is 5.26 Å². The van der Waals surface area contributed by atoms with Crippen LogP contribution in [0, 0.1) is 24.2 Å². The number of pyridine rings is 1. The third kappa shape index (κ3) is 5.36. The monoisotopic (exact) mass is 578 g/mol. The predicted molar refractivity (Wildman–Crippen MR) is 154 cm³/mol. The molecule has 5 heterocycles. The third-order valence-electron chi connectivity index (χ3n) is 8.63. The van der Waals surface area contributed by atoms with Gasteiger partial charge in [0.05, 0.1) is 16.9 Å². The molecule has 2 aromatic heterocycles. The predicted octanol–water partition coefficient (Wildman–Crippen LogP) is 4.15. The van der Waals surface area contributed by atoms with Gasteiger partial charge >= 0.3 is 0 Å². The summed E-state index contributed by atoms with van der Waals surface area (Å²) in [5.41, 5.74) is -1.40. The Morgan fingerprint density at radius 3 is 2.71 bits per heavy atom. The number of nitriles is 1. The van der Waals surface area contributed by atoms with Crippen molar-refractivity contribution < 1.29 is 17.7 Å². The number of fused-ring (bicyclic) bond motifs is 8. The lowest BCUT2D eigenvalue weighted by Crippen LogP contribution is -2.47. The van der Waals surface area contributed by atoms with E-state index in [2.05, 4.69) is 31.6 Å². The zero-order chi connectivity index (χ0) is 32.1. The quantitative estimate of drug-likeness (QED) is 0.446.